The Morgan fingerprint density at radius 2 is 0.756 bits per heavy atom. The van der Waals surface area contributed by atoms with Gasteiger partial charge >= 0.3 is 11.9 Å². The minimum absolute atomic E-state index is 0.0344. The number of hydrogen-bond acceptors (Lipinski definition) is 3. The highest BCUT2D eigenvalue weighted by molar-refractivity contribution is 5.84. The van der Waals surface area contributed by atoms with Gasteiger partial charge < -0.3 is 15.1 Å². The summed E-state index contributed by atoms with van der Waals surface area (Å²) in [5.74, 6) is -2.25. The Hall–Kier alpha value is -1.59. The predicted octanol–water partition coefficient (Wildman–Crippen LogP) is 11.9. The topological polar surface area (TPSA) is 94.9 Å². The Balaban J connectivity index is 4.06. The second-order valence-corrected chi connectivity index (χ2v) is 13.7. The van der Waals surface area contributed by atoms with Gasteiger partial charge in [0.2, 0.25) is 5.91 Å². The van der Waals surface area contributed by atoms with Gasteiger partial charge in [-0.2, -0.15) is 0 Å². The summed E-state index contributed by atoms with van der Waals surface area (Å²) in [6, 6.07) is -1.05. The van der Waals surface area contributed by atoms with E-state index in [1.165, 1.54) is 153 Å². The molecule has 0 aromatic carbocycles. The van der Waals surface area contributed by atoms with Crippen molar-refractivity contribution in [1.82, 2.24) is 4.90 Å². The SMILES string of the molecule is CCCCCCCCCCCCCCCCCCCCCCN(C(=O)CCCCCCCCCCC)[C@@H](CCC(=O)O)C(=O)O. The highest BCUT2D eigenvalue weighted by Gasteiger charge is 2.29. The van der Waals surface area contributed by atoms with Gasteiger partial charge in [0.25, 0.3) is 0 Å². The largest absolute Gasteiger partial charge is 0.481 e. The van der Waals surface area contributed by atoms with Crippen LogP contribution in [0.3, 0.4) is 0 Å². The lowest BCUT2D eigenvalue weighted by atomic mass is 10.0. The highest BCUT2D eigenvalue weighted by Crippen LogP contribution is 2.18. The number of carbonyl (C=O) groups is 3. The third-order valence-electron chi connectivity index (χ3n) is 9.36. The molecule has 0 spiro atoms. The van der Waals surface area contributed by atoms with Gasteiger partial charge in [-0.3, -0.25) is 9.59 Å². The summed E-state index contributed by atoms with van der Waals surface area (Å²) in [4.78, 5) is 37.7. The zero-order chi connectivity index (χ0) is 33.2. The minimum atomic E-state index is -1.09. The molecular formula is C39H75NO5. The Morgan fingerprint density at radius 3 is 1.07 bits per heavy atom. The van der Waals surface area contributed by atoms with Crippen LogP contribution < -0.4 is 0 Å². The molecule has 0 saturated heterocycles. The second-order valence-electron chi connectivity index (χ2n) is 13.7. The van der Waals surface area contributed by atoms with Crippen molar-refractivity contribution in [3.05, 3.63) is 0 Å². The Morgan fingerprint density at radius 1 is 0.444 bits per heavy atom. The number of aliphatic carboxylic acids is 2. The van der Waals surface area contributed by atoms with E-state index in [1.54, 1.807) is 0 Å². The fourth-order valence-electron chi connectivity index (χ4n) is 6.40. The van der Waals surface area contributed by atoms with Crippen LogP contribution in [0.4, 0.5) is 0 Å². The van der Waals surface area contributed by atoms with E-state index in [2.05, 4.69) is 13.8 Å². The maximum atomic E-state index is 13.1. The van der Waals surface area contributed by atoms with Crippen LogP contribution in [0.5, 0.6) is 0 Å². The van der Waals surface area contributed by atoms with Gasteiger partial charge in [0.1, 0.15) is 6.04 Å². The van der Waals surface area contributed by atoms with Gasteiger partial charge in [0.05, 0.1) is 0 Å². The first kappa shape index (κ1) is 43.4. The fraction of sp³-hybridized carbons (Fsp3) is 0.923. The van der Waals surface area contributed by atoms with Crippen LogP contribution in [-0.4, -0.2) is 45.5 Å². The van der Waals surface area contributed by atoms with Crippen molar-refractivity contribution in [3.63, 3.8) is 0 Å². The summed E-state index contributed by atoms with van der Waals surface area (Å²) in [7, 11) is 0. The van der Waals surface area contributed by atoms with E-state index in [1.807, 2.05) is 0 Å². The van der Waals surface area contributed by atoms with Gasteiger partial charge in [-0.15, -0.1) is 0 Å². The predicted molar refractivity (Wildman–Crippen MR) is 190 cm³/mol. The first-order valence-corrected chi connectivity index (χ1v) is 19.7. The van der Waals surface area contributed by atoms with Crippen LogP contribution in [0, 0.1) is 0 Å². The van der Waals surface area contributed by atoms with E-state index < -0.39 is 18.0 Å². The lowest BCUT2D eigenvalue weighted by molar-refractivity contribution is -0.151. The van der Waals surface area contributed by atoms with Crippen LogP contribution in [0.15, 0.2) is 0 Å². The number of carbonyl (C=O) groups excluding carboxylic acids is 1. The molecule has 45 heavy (non-hydrogen) atoms. The Labute approximate surface area is 278 Å². The molecule has 0 heterocycles. The summed E-state index contributed by atoms with van der Waals surface area (Å²) in [6.07, 6.45) is 36.6. The third-order valence-corrected chi connectivity index (χ3v) is 9.36. The summed E-state index contributed by atoms with van der Waals surface area (Å²) in [5.41, 5.74) is 0. The van der Waals surface area contributed by atoms with Crippen molar-refractivity contribution >= 4 is 17.8 Å². The second kappa shape index (κ2) is 33.8. The Bertz CT molecular complexity index is 682. The van der Waals surface area contributed by atoms with Gasteiger partial charge in [0, 0.05) is 19.4 Å². The summed E-state index contributed by atoms with van der Waals surface area (Å²) < 4.78 is 0. The summed E-state index contributed by atoms with van der Waals surface area (Å²) in [6.45, 7) is 4.91. The molecular weight excluding hydrogens is 562 g/mol. The van der Waals surface area contributed by atoms with Crippen molar-refractivity contribution in [3.8, 4) is 0 Å². The molecule has 0 aromatic rings. The lowest BCUT2D eigenvalue weighted by Gasteiger charge is -2.29. The number of hydrogen-bond donors (Lipinski definition) is 2. The maximum Gasteiger partial charge on any atom is 0.326 e. The molecule has 0 saturated carbocycles. The third kappa shape index (κ3) is 29.6. The molecule has 1 amide bonds. The van der Waals surface area contributed by atoms with E-state index in [0.717, 1.165) is 38.5 Å². The number of nitrogens with zero attached hydrogens (tertiary/aromatic N) is 1. The van der Waals surface area contributed by atoms with Gasteiger partial charge in [-0.1, -0.05) is 187 Å². The number of rotatable bonds is 36. The van der Waals surface area contributed by atoms with E-state index in [4.69, 9.17) is 5.11 Å². The average Bonchev–Trinajstić information content (AvgIpc) is 3.01. The fourth-order valence-corrected chi connectivity index (χ4v) is 6.40. The number of amides is 1. The van der Waals surface area contributed by atoms with Crippen molar-refractivity contribution in [2.24, 2.45) is 0 Å². The zero-order valence-electron chi connectivity index (χ0n) is 30.0. The van der Waals surface area contributed by atoms with Crippen molar-refractivity contribution in [1.29, 1.82) is 0 Å². The van der Waals surface area contributed by atoms with E-state index in [9.17, 15) is 19.5 Å². The molecule has 0 rings (SSSR count). The molecule has 0 radical (unpaired) electrons. The molecule has 6 heteroatoms. The van der Waals surface area contributed by atoms with Crippen molar-refractivity contribution in [2.75, 3.05) is 6.54 Å². The summed E-state index contributed by atoms with van der Waals surface area (Å²) in [5, 5.41) is 18.9. The average molecular weight is 638 g/mol. The van der Waals surface area contributed by atoms with Crippen LogP contribution in [0.25, 0.3) is 0 Å². The molecule has 0 fully saturated rings. The van der Waals surface area contributed by atoms with Gasteiger partial charge in [-0.05, 0) is 19.3 Å². The molecule has 6 nitrogen and oxygen atoms in total. The number of carboxylic acid groups (broad SMARTS) is 2. The molecule has 0 bridgehead atoms. The molecule has 0 aromatic heterocycles. The quantitative estimate of drug-likeness (QED) is 0.0666. The first-order chi connectivity index (χ1) is 21.9. The minimum Gasteiger partial charge on any atom is -0.481 e. The van der Waals surface area contributed by atoms with Crippen LogP contribution in [0.2, 0.25) is 0 Å². The van der Waals surface area contributed by atoms with E-state index >= 15 is 0 Å². The van der Waals surface area contributed by atoms with Crippen LogP contribution in [-0.2, 0) is 14.4 Å². The smallest absolute Gasteiger partial charge is 0.326 e. The molecule has 0 aliphatic carbocycles. The molecule has 0 unspecified atom stereocenters. The highest BCUT2D eigenvalue weighted by atomic mass is 16.4. The maximum absolute atomic E-state index is 13.1. The van der Waals surface area contributed by atoms with Crippen LogP contribution in [0.1, 0.15) is 219 Å². The molecule has 2 N–H and O–H groups in total. The standard InChI is InChI=1S/C39H75NO5/c1-3-5-7-9-11-13-14-15-16-17-18-19-20-21-22-23-25-27-29-31-35-40(36(39(44)45)33-34-38(42)43)37(41)32-30-28-26-24-12-10-8-6-4-2/h36H,3-35H2,1-2H3,(H,42,43)(H,44,45)/t36-/m0/s1. The monoisotopic (exact) mass is 638 g/mol. The van der Waals surface area contributed by atoms with Gasteiger partial charge in [0.15, 0.2) is 0 Å². The van der Waals surface area contributed by atoms with Crippen molar-refractivity contribution in [2.45, 2.75) is 225 Å². The molecule has 0 aliphatic rings. The number of unbranched alkanes of at least 4 members (excludes halogenated alkanes) is 27. The van der Waals surface area contributed by atoms with Crippen LogP contribution >= 0.6 is 0 Å². The molecule has 0 aliphatic heterocycles. The van der Waals surface area contributed by atoms with Crippen molar-refractivity contribution < 1.29 is 24.6 Å². The normalized spacial score (nSPS) is 12.0. The van der Waals surface area contributed by atoms with Gasteiger partial charge in [-0.25, -0.2) is 4.79 Å². The number of carboxylic acids is 2. The summed E-state index contributed by atoms with van der Waals surface area (Å²) >= 11 is 0. The van der Waals surface area contributed by atoms with E-state index in [-0.39, 0.29) is 18.7 Å². The Kier molecular flexibility index (Phi) is 32.6. The zero-order valence-corrected chi connectivity index (χ0v) is 30.0. The first-order valence-electron chi connectivity index (χ1n) is 19.7. The lowest BCUT2D eigenvalue weighted by Crippen LogP contribution is -2.45. The van der Waals surface area contributed by atoms with E-state index in [0.29, 0.717) is 13.0 Å². The molecule has 266 valence electrons. The molecule has 1 atom stereocenters.